The summed E-state index contributed by atoms with van der Waals surface area (Å²) >= 11 is 1.51. The Morgan fingerprint density at radius 3 is 2.57 bits per heavy atom. The highest BCUT2D eigenvalue weighted by atomic mass is 32.2. The summed E-state index contributed by atoms with van der Waals surface area (Å²) in [5.74, 6) is 0.825. The number of H-pyrrole nitrogens is 1. The predicted octanol–water partition coefficient (Wildman–Crippen LogP) is 5.29. The van der Waals surface area contributed by atoms with Crippen LogP contribution in [0.25, 0.3) is 22.6 Å². The van der Waals surface area contributed by atoms with E-state index in [0.717, 1.165) is 33.1 Å². The molecule has 1 amide bonds. The zero-order valence-electron chi connectivity index (χ0n) is 16.1. The molecule has 0 unspecified atom stereocenters. The fourth-order valence-electron chi connectivity index (χ4n) is 2.99. The first-order valence-electron chi connectivity index (χ1n) is 9.52. The number of halogens is 1. The van der Waals surface area contributed by atoms with Crippen molar-refractivity contribution in [2.75, 3.05) is 5.75 Å². The second-order valence-corrected chi connectivity index (χ2v) is 7.78. The number of carbonyl (C=O) groups excluding carboxylic acids is 1. The van der Waals surface area contributed by atoms with Gasteiger partial charge in [-0.25, -0.2) is 9.37 Å². The fourth-order valence-corrected chi connectivity index (χ4v) is 3.74. The summed E-state index contributed by atoms with van der Waals surface area (Å²) in [6.07, 6.45) is 1.73. The third kappa shape index (κ3) is 5.15. The lowest BCUT2D eigenvalue weighted by Crippen LogP contribution is -2.24. The molecule has 2 N–H and O–H groups in total. The van der Waals surface area contributed by atoms with Crippen LogP contribution in [0.3, 0.4) is 0 Å². The average molecular weight is 418 g/mol. The maximum absolute atomic E-state index is 13.1. The Kier molecular flexibility index (Phi) is 6.25. The van der Waals surface area contributed by atoms with Gasteiger partial charge in [-0.1, -0.05) is 36.4 Å². The number of thioether (sulfide) groups is 1. The normalized spacial score (nSPS) is 10.7. The lowest BCUT2D eigenvalue weighted by atomic mass is 10.1. The van der Waals surface area contributed by atoms with Crippen LogP contribution in [0.1, 0.15) is 5.56 Å². The molecule has 0 fully saturated rings. The summed E-state index contributed by atoms with van der Waals surface area (Å²) in [4.78, 5) is 20.9. The summed E-state index contributed by atoms with van der Waals surface area (Å²) in [5.41, 5.74) is 3.61. The molecule has 0 atom stereocenters. The molecule has 4 rings (SSSR count). The van der Waals surface area contributed by atoms with Crippen molar-refractivity contribution >= 4 is 17.7 Å². The molecule has 4 nitrogen and oxygen atoms in total. The molecular weight excluding hydrogens is 397 g/mol. The maximum Gasteiger partial charge on any atom is 0.230 e. The standard InChI is InChI=1S/C24H20FN3OS/c25-20-11-9-18(10-12-20)22-15-27-24(28-22)19-6-4-5-17(13-19)14-26-23(29)16-30-21-7-2-1-3-8-21/h1-13,15H,14,16H2,(H,26,29)(H,27,28). The van der Waals surface area contributed by atoms with Crippen LogP contribution >= 0.6 is 11.8 Å². The molecule has 0 saturated heterocycles. The second-order valence-electron chi connectivity index (χ2n) is 6.73. The number of amides is 1. The monoisotopic (exact) mass is 417 g/mol. The lowest BCUT2D eigenvalue weighted by Gasteiger charge is -2.07. The molecule has 0 aliphatic heterocycles. The van der Waals surface area contributed by atoms with Crippen LogP contribution in [0, 0.1) is 5.82 Å². The summed E-state index contributed by atoms with van der Waals surface area (Å²) in [5, 5.41) is 2.96. The van der Waals surface area contributed by atoms with Gasteiger partial charge in [0.15, 0.2) is 0 Å². The number of imidazole rings is 1. The third-order valence-corrected chi connectivity index (χ3v) is 5.55. The van der Waals surface area contributed by atoms with Gasteiger partial charge in [0.2, 0.25) is 5.91 Å². The van der Waals surface area contributed by atoms with Crippen LogP contribution in [0.4, 0.5) is 4.39 Å². The fraction of sp³-hybridized carbons (Fsp3) is 0.0833. The number of aromatic amines is 1. The van der Waals surface area contributed by atoms with Crippen LogP contribution in [0.2, 0.25) is 0 Å². The largest absolute Gasteiger partial charge is 0.351 e. The van der Waals surface area contributed by atoms with Gasteiger partial charge in [-0.15, -0.1) is 11.8 Å². The highest BCUT2D eigenvalue weighted by Gasteiger charge is 2.08. The van der Waals surface area contributed by atoms with Gasteiger partial charge in [0.1, 0.15) is 11.6 Å². The Hall–Kier alpha value is -3.38. The summed E-state index contributed by atoms with van der Waals surface area (Å²) in [7, 11) is 0. The maximum atomic E-state index is 13.1. The number of hydrogen-bond donors (Lipinski definition) is 2. The van der Waals surface area contributed by atoms with Crippen molar-refractivity contribution in [2.24, 2.45) is 0 Å². The van der Waals surface area contributed by atoms with Gasteiger partial charge in [-0.2, -0.15) is 0 Å². The number of benzene rings is 3. The first kappa shape index (κ1) is 19.9. The van der Waals surface area contributed by atoms with E-state index in [2.05, 4.69) is 15.3 Å². The number of aromatic nitrogens is 2. The molecule has 0 spiro atoms. The van der Waals surface area contributed by atoms with Crippen LogP contribution in [-0.4, -0.2) is 21.6 Å². The minimum atomic E-state index is -0.268. The molecule has 150 valence electrons. The molecule has 4 aromatic rings. The number of nitrogens with one attached hydrogen (secondary N) is 2. The van der Waals surface area contributed by atoms with Crippen LogP contribution in [-0.2, 0) is 11.3 Å². The van der Waals surface area contributed by atoms with Gasteiger partial charge < -0.3 is 10.3 Å². The average Bonchev–Trinajstić information content (AvgIpc) is 3.28. The van der Waals surface area contributed by atoms with Gasteiger partial charge >= 0.3 is 0 Å². The number of nitrogens with zero attached hydrogens (tertiary/aromatic N) is 1. The minimum absolute atomic E-state index is 0.00847. The number of rotatable bonds is 7. The molecule has 0 aliphatic rings. The van der Waals surface area contributed by atoms with Crippen molar-refractivity contribution in [3.05, 3.63) is 96.4 Å². The van der Waals surface area contributed by atoms with Gasteiger partial charge in [0, 0.05) is 17.0 Å². The second kappa shape index (κ2) is 9.41. The Morgan fingerprint density at radius 2 is 1.77 bits per heavy atom. The Labute approximate surface area is 178 Å². The first-order chi connectivity index (χ1) is 14.7. The molecule has 6 heteroatoms. The molecule has 1 heterocycles. The van der Waals surface area contributed by atoms with Gasteiger partial charge in [0.05, 0.1) is 17.6 Å². The molecule has 1 aromatic heterocycles. The van der Waals surface area contributed by atoms with Crippen molar-refractivity contribution in [1.82, 2.24) is 15.3 Å². The summed E-state index contributed by atoms with van der Waals surface area (Å²) in [6.45, 7) is 0.452. The van der Waals surface area contributed by atoms with Crippen LogP contribution in [0.5, 0.6) is 0 Å². The Morgan fingerprint density at radius 1 is 0.967 bits per heavy atom. The predicted molar refractivity (Wildman–Crippen MR) is 118 cm³/mol. The SMILES string of the molecule is O=C(CSc1ccccc1)NCc1cccc(-c2ncc(-c3ccc(F)cc3)[nH]2)c1. The van der Waals surface area contributed by atoms with Crippen LogP contribution in [0.15, 0.2) is 90.0 Å². The smallest absolute Gasteiger partial charge is 0.230 e. The van der Waals surface area contributed by atoms with Crippen molar-refractivity contribution in [2.45, 2.75) is 11.4 Å². The third-order valence-electron chi connectivity index (χ3n) is 4.53. The highest BCUT2D eigenvalue weighted by molar-refractivity contribution is 8.00. The van der Waals surface area contributed by atoms with Crippen molar-refractivity contribution < 1.29 is 9.18 Å². The van der Waals surface area contributed by atoms with E-state index in [1.807, 2.05) is 54.6 Å². The zero-order valence-corrected chi connectivity index (χ0v) is 17.0. The van der Waals surface area contributed by atoms with E-state index < -0.39 is 0 Å². The quantitative estimate of drug-likeness (QED) is 0.402. The van der Waals surface area contributed by atoms with Gasteiger partial charge in [0.25, 0.3) is 0 Å². The molecule has 0 saturated carbocycles. The summed E-state index contributed by atoms with van der Waals surface area (Å²) in [6, 6.07) is 24.0. The first-order valence-corrected chi connectivity index (χ1v) is 10.5. The molecule has 0 bridgehead atoms. The highest BCUT2D eigenvalue weighted by Crippen LogP contribution is 2.23. The van der Waals surface area contributed by atoms with Crippen LogP contribution < -0.4 is 5.32 Å². The van der Waals surface area contributed by atoms with E-state index >= 15 is 0 Å². The summed E-state index contributed by atoms with van der Waals surface area (Å²) < 4.78 is 13.1. The van der Waals surface area contributed by atoms with Gasteiger partial charge in [-0.3, -0.25) is 4.79 Å². The molecule has 30 heavy (non-hydrogen) atoms. The van der Waals surface area contributed by atoms with E-state index in [9.17, 15) is 9.18 Å². The van der Waals surface area contributed by atoms with E-state index in [-0.39, 0.29) is 11.7 Å². The van der Waals surface area contributed by atoms with E-state index in [1.54, 1.807) is 18.3 Å². The number of hydrogen-bond acceptors (Lipinski definition) is 3. The molecule has 0 radical (unpaired) electrons. The van der Waals surface area contributed by atoms with Gasteiger partial charge in [-0.05, 0) is 53.6 Å². The van der Waals surface area contributed by atoms with E-state index in [0.29, 0.717) is 12.3 Å². The zero-order chi connectivity index (χ0) is 20.8. The van der Waals surface area contributed by atoms with E-state index in [4.69, 9.17) is 0 Å². The lowest BCUT2D eigenvalue weighted by molar-refractivity contribution is -0.118. The van der Waals surface area contributed by atoms with Crippen molar-refractivity contribution in [3.63, 3.8) is 0 Å². The minimum Gasteiger partial charge on any atom is -0.351 e. The topological polar surface area (TPSA) is 57.8 Å². The molecular formula is C24H20FN3OS. The van der Waals surface area contributed by atoms with Crippen molar-refractivity contribution in [3.8, 4) is 22.6 Å². The number of carbonyl (C=O) groups is 1. The molecule has 3 aromatic carbocycles. The van der Waals surface area contributed by atoms with Crippen molar-refractivity contribution in [1.29, 1.82) is 0 Å². The Balaban J connectivity index is 1.37. The Bertz CT molecular complexity index is 1130. The van der Waals surface area contributed by atoms with E-state index in [1.165, 1.54) is 23.9 Å². The molecule has 0 aliphatic carbocycles.